The fourth-order valence-electron chi connectivity index (χ4n) is 5.60. The van der Waals surface area contributed by atoms with Gasteiger partial charge < -0.3 is 30.7 Å². The van der Waals surface area contributed by atoms with Crippen molar-refractivity contribution < 1.29 is 18.4 Å². The number of rotatable bonds is 12. The third kappa shape index (κ3) is 7.09. The number of halogens is 2. The molecule has 1 aliphatic carbocycles. The molecule has 3 amide bonds. The minimum Gasteiger partial charge on any atom is -0.336 e. The number of carbonyl (C=O) groups is 2. The van der Waals surface area contributed by atoms with Crippen molar-refractivity contribution in [3.8, 4) is 5.69 Å². The van der Waals surface area contributed by atoms with E-state index < -0.39 is 17.7 Å². The first kappa shape index (κ1) is 28.7. The number of anilines is 1. The summed E-state index contributed by atoms with van der Waals surface area (Å²) in [6.45, 7) is 5.36. The molecular formula is C30H37F2N7O2. The van der Waals surface area contributed by atoms with E-state index >= 15 is 0 Å². The van der Waals surface area contributed by atoms with Gasteiger partial charge in [0.1, 0.15) is 18.0 Å². The average Bonchev–Trinajstić information content (AvgIpc) is 3.60. The van der Waals surface area contributed by atoms with Gasteiger partial charge in [-0.15, -0.1) is 0 Å². The summed E-state index contributed by atoms with van der Waals surface area (Å²) in [6, 6.07) is 9.71. The molecular weight excluding hydrogens is 528 g/mol. The SMILES string of the molecule is CCC[C@H](N[C@H]1CCc2cc(F)cc(F)c2C1)C(=O)Nc1cn(-c2ccccc2CNCCN2CCNC2=O)cn1. The van der Waals surface area contributed by atoms with Crippen LogP contribution in [0, 0.1) is 11.6 Å². The van der Waals surface area contributed by atoms with Gasteiger partial charge in [0.25, 0.3) is 0 Å². The highest BCUT2D eigenvalue weighted by molar-refractivity contribution is 5.94. The molecule has 2 heterocycles. The molecule has 0 saturated carbocycles. The lowest BCUT2D eigenvalue weighted by Gasteiger charge is -2.29. The van der Waals surface area contributed by atoms with Crippen LogP contribution in [0.25, 0.3) is 5.69 Å². The van der Waals surface area contributed by atoms with E-state index in [2.05, 4.69) is 26.3 Å². The Morgan fingerprint density at radius 1 is 1.24 bits per heavy atom. The standard InChI is InChI=1S/C30H37F2N7O2/c1-2-5-26(36-23-9-8-20-14-22(31)15-25(32)24(20)16-23)29(40)37-28-18-39(19-35-28)27-7-4-3-6-21(27)17-33-10-12-38-13-11-34-30(38)41/h3-4,6-7,14-15,18-19,23,26,33,36H,2,5,8-13,16-17H2,1H3,(H,34,41)(H,37,40)/t23-,26-/m0/s1. The molecule has 0 bridgehead atoms. The summed E-state index contributed by atoms with van der Waals surface area (Å²) in [4.78, 5) is 31.2. The van der Waals surface area contributed by atoms with E-state index in [1.54, 1.807) is 17.4 Å². The fourth-order valence-corrected chi connectivity index (χ4v) is 5.60. The highest BCUT2D eigenvalue weighted by atomic mass is 19.1. The lowest BCUT2D eigenvalue weighted by atomic mass is 9.87. The van der Waals surface area contributed by atoms with Crippen molar-refractivity contribution in [2.75, 3.05) is 31.5 Å². The molecule has 5 rings (SSSR count). The van der Waals surface area contributed by atoms with Gasteiger partial charge in [-0.25, -0.2) is 18.6 Å². The Hall–Kier alpha value is -3.83. The van der Waals surface area contributed by atoms with Crippen LogP contribution in [0.2, 0.25) is 0 Å². The number of hydrogen-bond acceptors (Lipinski definition) is 5. The average molecular weight is 566 g/mol. The van der Waals surface area contributed by atoms with E-state index in [1.807, 2.05) is 35.8 Å². The molecule has 9 nitrogen and oxygen atoms in total. The summed E-state index contributed by atoms with van der Waals surface area (Å²) in [5.74, 6) is -0.829. The van der Waals surface area contributed by atoms with Crippen LogP contribution in [-0.2, 0) is 24.2 Å². The molecule has 41 heavy (non-hydrogen) atoms. The molecule has 3 aromatic rings. The van der Waals surface area contributed by atoms with Gasteiger partial charge in [0.2, 0.25) is 5.91 Å². The molecule has 1 aliphatic heterocycles. The van der Waals surface area contributed by atoms with Crippen LogP contribution in [0.4, 0.5) is 19.4 Å². The van der Waals surface area contributed by atoms with Crippen molar-refractivity contribution >= 4 is 17.8 Å². The second-order valence-corrected chi connectivity index (χ2v) is 10.7. The number of para-hydroxylation sites is 1. The predicted molar refractivity (Wildman–Crippen MR) is 153 cm³/mol. The number of urea groups is 1. The van der Waals surface area contributed by atoms with Gasteiger partial charge in [-0.2, -0.15) is 0 Å². The van der Waals surface area contributed by atoms with E-state index in [0.717, 1.165) is 30.3 Å². The number of aromatic nitrogens is 2. The first-order chi connectivity index (χ1) is 19.9. The fraction of sp³-hybridized carbons (Fsp3) is 0.433. The highest BCUT2D eigenvalue weighted by Gasteiger charge is 2.27. The largest absolute Gasteiger partial charge is 0.336 e. The number of aryl methyl sites for hydroxylation is 1. The van der Waals surface area contributed by atoms with Gasteiger partial charge in [-0.3, -0.25) is 4.79 Å². The van der Waals surface area contributed by atoms with Crippen LogP contribution in [0.5, 0.6) is 0 Å². The summed E-state index contributed by atoms with van der Waals surface area (Å²) in [5, 5.41) is 12.6. The third-order valence-electron chi connectivity index (χ3n) is 7.72. The minimum absolute atomic E-state index is 0.0220. The Bertz CT molecular complexity index is 1380. The van der Waals surface area contributed by atoms with Crippen molar-refractivity contribution in [2.45, 2.75) is 57.7 Å². The number of carbonyl (C=O) groups excluding carboxylic acids is 2. The molecule has 0 radical (unpaired) electrons. The van der Waals surface area contributed by atoms with E-state index in [1.165, 1.54) is 6.07 Å². The van der Waals surface area contributed by atoms with Gasteiger partial charge in [-0.1, -0.05) is 31.5 Å². The molecule has 4 N–H and O–H groups in total. The second-order valence-electron chi connectivity index (χ2n) is 10.7. The maximum Gasteiger partial charge on any atom is 0.317 e. The Balaban J connectivity index is 1.18. The van der Waals surface area contributed by atoms with Crippen molar-refractivity contribution in [1.82, 2.24) is 30.4 Å². The van der Waals surface area contributed by atoms with Crippen LogP contribution in [0.1, 0.15) is 42.9 Å². The summed E-state index contributed by atoms with van der Waals surface area (Å²) in [6.07, 6.45) is 6.56. The van der Waals surface area contributed by atoms with Gasteiger partial charge in [0.15, 0.2) is 5.82 Å². The monoisotopic (exact) mass is 565 g/mol. The molecule has 2 aromatic carbocycles. The third-order valence-corrected chi connectivity index (χ3v) is 7.72. The molecule has 2 atom stereocenters. The van der Waals surface area contributed by atoms with Crippen LogP contribution in [0.3, 0.4) is 0 Å². The van der Waals surface area contributed by atoms with Gasteiger partial charge in [-0.05, 0) is 54.5 Å². The molecule has 11 heteroatoms. The summed E-state index contributed by atoms with van der Waals surface area (Å²) in [5.41, 5.74) is 3.23. The summed E-state index contributed by atoms with van der Waals surface area (Å²) in [7, 11) is 0. The molecule has 1 saturated heterocycles. The molecule has 0 unspecified atom stereocenters. The number of hydrogen-bond donors (Lipinski definition) is 4. The van der Waals surface area contributed by atoms with Gasteiger partial charge in [0, 0.05) is 44.8 Å². The molecule has 1 fully saturated rings. The Labute approximate surface area is 238 Å². The number of nitrogens with zero attached hydrogens (tertiary/aromatic N) is 3. The predicted octanol–water partition coefficient (Wildman–Crippen LogP) is 3.52. The van der Waals surface area contributed by atoms with E-state index in [4.69, 9.17) is 0 Å². The number of imidazole rings is 1. The normalized spacial score (nSPS) is 17.3. The number of nitrogens with one attached hydrogen (secondary N) is 4. The Morgan fingerprint density at radius 2 is 2.10 bits per heavy atom. The van der Waals surface area contributed by atoms with E-state index in [-0.39, 0.29) is 18.0 Å². The van der Waals surface area contributed by atoms with E-state index in [9.17, 15) is 18.4 Å². The zero-order valence-electron chi connectivity index (χ0n) is 23.3. The number of benzene rings is 2. The van der Waals surface area contributed by atoms with Crippen molar-refractivity contribution in [3.63, 3.8) is 0 Å². The smallest absolute Gasteiger partial charge is 0.317 e. The first-order valence-corrected chi connectivity index (χ1v) is 14.3. The van der Waals surface area contributed by atoms with Gasteiger partial charge in [0.05, 0.1) is 17.9 Å². The van der Waals surface area contributed by atoms with Gasteiger partial charge >= 0.3 is 6.03 Å². The summed E-state index contributed by atoms with van der Waals surface area (Å²) >= 11 is 0. The Kier molecular flexibility index (Phi) is 9.25. The maximum absolute atomic E-state index is 14.4. The van der Waals surface area contributed by atoms with Crippen LogP contribution >= 0.6 is 0 Å². The minimum atomic E-state index is -0.554. The topological polar surface area (TPSA) is 103 Å². The van der Waals surface area contributed by atoms with E-state index in [0.29, 0.717) is 68.8 Å². The van der Waals surface area contributed by atoms with Crippen LogP contribution in [-0.4, -0.2) is 64.7 Å². The Morgan fingerprint density at radius 3 is 2.90 bits per heavy atom. The quantitative estimate of drug-likeness (QED) is 0.252. The van der Waals surface area contributed by atoms with Crippen LogP contribution < -0.4 is 21.3 Å². The zero-order chi connectivity index (χ0) is 28.8. The maximum atomic E-state index is 14.4. The number of fused-ring (bicyclic) bond motifs is 1. The number of amides is 3. The van der Waals surface area contributed by atoms with Crippen molar-refractivity contribution in [2.24, 2.45) is 0 Å². The highest BCUT2D eigenvalue weighted by Crippen LogP contribution is 2.26. The second kappa shape index (κ2) is 13.2. The van der Waals surface area contributed by atoms with Crippen molar-refractivity contribution in [3.05, 3.63) is 77.2 Å². The lowest BCUT2D eigenvalue weighted by Crippen LogP contribution is -2.48. The first-order valence-electron chi connectivity index (χ1n) is 14.3. The molecule has 0 spiro atoms. The zero-order valence-corrected chi connectivity index (χ0v) is 23.3. The van der Waals surface area contributed by atoms with Crippen LogP contribution in [0.15, 0.2) is 48.9 Å². The lowest BCUT2D eigenvalue weighted by molar-refractivity contribution is -0.118. The molecule has 2 aliphatic rings. The molecule has 218 valence electrons. The molecule has 1 aromatic heterocycles. The van der Waals surface area contributed by atoms with Crippen molar-refractivity contribution in [1.29, 1.82) is 0 Å². The summed E-state index contributed by atoms with van der Waals surface area (Å²) < 4.78 is 29.9.